The van der Waals surface area contributed by atoms with Crippen LogP contribution in [0.25, 0.3) is 0 Å². The maximum Gasteiger partial charge on any atom is 0.340 e. The number of hydrogen-bond donors (Lipinski definition) is 0. The molecule has 2 unspecified atom stereocenters. The molecule has 5 nitrogen and oxygen atoms in total. The van der Waals surface area contributed by atoms with Gasteiger partial charge in [-0.3, -0.25) is 9.80 Å². The summed E-state index contributed by atoms with van der Waals surface area (Å²) in [7, 11) is 1.52. The Bertz CT molecular complexity index is 532. The van der Waals surface area contributed by atoms with Crippen molar-refractivity contribution >= 4 is 5.97 Å². The Morgan fingerprint density at radius 1 is 1.22 bits per heavy atom. The molecule has 2 fully saturated rings. The fourth-order valence-corrected chi connectivity index (χ4v) is 3.54. The number of rotatable bonds is 5. The van der Waals surface area contributed by atoms with E-state index in [-0.39, 0.29) is 5.97 Å². The van der Waals surface area contributed by atoms with Crippen molar-refractivity contribution in [2.45, 2.75) is 45.2 Å². The predicted octanol–water partition coefficient (Wildman–Crippen LogP) is 2.46. The van der Waals surface area contributed by atoms with Crippen LogP contribution in [0.15, 0.2) is 24.3 Å². The van der Waals surface area contributed by atoms with Crippen LogP contribution < -0.4 is 0 Å². The van der Waals surface area contributed by atoms with Gasteiger partial charge in [0, 0.05) is 26.7 Å². The summed E-state index contributed by atoms with van der Waals surface area (Å²) < 4.78 is 10.1. The van der Waals surface area contributed by atoms with Crippen LogP contribution in [0, 0.1) is 0 Å². The van der Waals surface area contributed by atoms with Gasteiger partial charge in [-0.25, -0.2) is 4.79 Å². The molecule has 0 radical (unpaired) electrons. The minimum Gasteiger partial charge on any atom is -0.432 e. The van der Waals surface area contributed by atoms with Gasteiger partial charge in [0.15, 0.2) is 6.29 Å². The highest BCUT2D eigenvalue weighted by Crippen LogP contribution is 2.26. The number of methoxy groups -OCH3 is 1. The van der Waals surface area contributed by atoms with Crippen molar-refractivity contribution in [3.05, 3.63) is 35.4 Å². The molecule has 23 heavy (non-hydrogen) atoms. The highest BCUT2D eigenvalue weighted by molar-refractivity contribution is 5.89. The second kappa shape index (κ2) is 7.43. The Morgan fingerprint density at radius 3 is 2.70 bits per heavy atom. The molecule has 0 spiro atoms. The van der Waals surface area contributed by atoms with Crippen LogP contribution in [0.1, 0.15) is 42.1 Å². The fourth-order valence-electron chi connectivity index (χ4n) is 3.54. The lowest BCUT2D eigenvalue weighted by atomic mass is 10.1. The number of hydrogen-bond acceptors (Lipinski definition) is 5. The number of carbonyl (C=O) groups excluding carboxylic acids is 1. The van der Waals surface area contributed by atoms with Crippen LogP contribution in [0.4, 0.5) is 0 Å². The Hall–Kier alpha value is -1.43. The third-order valence-electron chi connectivity index (χ3n) is 4.82. The van der Waals surface area contributed by atoms with Gasteiger partial charge in [-0.2, -0.15) is 0 Å². The van der Waals surface area contributed by atoms with Crippen LogP contribution in [0.5, 0.6) is 0 Å². The zero-order valence-electron chi connectivity index (χ0n) is 14.0. The molecule has 2 saturated heterocycles. The first-order valence-corrected chi connectivity index (χ1v) is 8.48. The van der Waals surface area contributed by atoms with Crippen molar-refractivity contribution in [2.75, 3.05) is 26.7 Å². The van der Waals surface area contributed by atoms with Crippen LogP contribution in [-0.2, 0) is 16.0 Å². The second-order valence-corrected chi connectivity index (χ2v) is 6.39. The molecule has 2 aliphatic heterocycles. The van der Waals surface area contributed by atoms with Crippen molar-refractivity contribution in [1.82, 2.24) is 9.80 Å². The first-order valence-electron chi connectivity index (χ1n) is 8.48. The van der Waals surface area contributed by atoms with Gasteiger partial charge < -0.3 is 9.47 Å². The number of carbonyl (C=O) groups is 1. The smallest absolute Gasteiger partial charge is 0.340 e. The summed E-state index contributed by atoms with van der Waals surface area (Å²) >= 11 is 0. The molecule has 0 saturated carbocycles. The van der Waals surface area contributed by atoms with E-state index in [1.165, 1.54) is 45.0 Å². The maximum absolute atomic E-state index is 11.9. The van der Waals surface area contributed by atoms with Gasteiger partial charge in [-0.05, 0) is 50.4 Å². The number of benzene rings is 1. The van der Waals surface area contributed by atoms with E-state index in [0.717, 1.165) is 13.1 Å². The summed E-state index contributed by atoms with van der Waals surface area (Å²) in [6, 6.07) is 7.75. The van der Waals surface area contributed by atoms with Crippen molar-refractivity contribution < 1.29 is 14.3 Å². The zero-order chi connectivity index (χ0) is 16.2. The van der Waals surface area contributed by atoms with E-state index in [9.17, 15) is 4.79 Å². The molecule has 126 valence electrons. The second-order valence-electron chi connectivity index (χ2n) is 6.39. The van der Waals surface area contributed by atoms with E-state index in [1.807, 2.05) is 24.3 Å². The van der Waals surface area contributed by atoms with Crippen molar-refractivity contribution in [3.8, 4) is 0 Å². The molecule has 2 heterocycles. The molecule has 1 aromatic rings. The van der Waals surface area contributed by atoms with E-state index in [0.29, 0.717) is 11.7 Å². The van der Waals surface area contributed by atoms with Crippen LogP contribution in [0.2, 0.25) is 0 Å². The third kappa shape index (κ3) is 3.91. The van der Waals surface area contributed by atoms with E-state index >= 15 is 0 Å². The Balaban J connectivity index is 1.60. The lowest BCUT2D eigenvalue weighted by Gasteiger charge is -2.40. The lowest BCUT2D eigenvalue weighted by molar-refractivity contribution is -0.0773. The highest BCUT2D eigenvalue weighted by Gasteiger charge is 2.32. The van der Waals surface area contributed by atoms with Gasteiger partial charge in [0.1, 0.15) is 0 Å². The molecule has 1 aromatic carbocycles. The molecule has 0 aliphatic carbocycles. The summed E-state index contributed by atoms with van der Waals surface area (Å²) in [4.78, 5) is 17.1. The monoisotopic (exact) mass is 318 g/mol. The third-order valence-corrected chi connectivity index (χ3v) is 4.82. The van der Waals surface area contributed by atoms with Crippen LogP contribution in [0.3, 0.4) is 0 Å². The van der Waals surface area contributed by atoms with E-state index < -0.39 is 6.29 Å². The Kier molecular flexibility index (Phi) is 5.30. The highest BCUT2D eigenvalue weighted by atomic mass is 16.7. The van der Waals surface area contributed by atoms with Gasteiger partial charge in [-0.15, -0.1) is 0 Å². The molecule has 2 aliphatic rings. The molecule has 2 atom stereocenters. The van der Waals surface area contributed by atoms with E-state index in [4.69, 9.17) is 9.47 Å². The topological polar surface area (TPSA) is 42.0 Å². The SMILES string of the molecule is COC(C)OC(=O)c1ccc(CN2CCCN3CCCC32)cc1. The first-order chi connectivity index (χ1) is 11.2. The largest absolute Gasteiger partial charge is 0.432 e. The molecule has 0 aromatic heterocycles. The predicted molar refractivity (Wildman–Crippen MR) is 88.0 cm³/mol. The molecule has 5 heteroatoms. The zero-order valence-corrected chi connectivity index (χ0v) is 14.0. The van der Waals surface area contributed by atoms with Gasteiger partial charge in [0.05, 0.1) is 11.7 Å². The molecule has 0 bridgehead atoms. The molecular formula is C18H26N2O3. The van der Waals surface area contributed by atoms with Crippen LogP contribution in [-0.4, -0.2) is 55.0 Å². The van der Waals surface area contributed by atoms with Gasteiger partial charge >= 0.3 is 5.97 Å². The normalized spacial score (nSPS) is 23.5. The summed E-state index contributed by atoms with van der Waals surface area (Å²) in [6.45, 7) is 6.30. The standard InChI is InChI=1S/C18H26N2O3/c1-14(22-2)23-18(21)16-8-6-15(7-9-16)13-20-12-4-11-19-10-3-5-17(19)20/h6-9,14,17H,3-5,10-13H2,1-2H3. The van der Waals surface area contributed by atoms with Gasteiger partial charge in [0.25, 0.3) is 0 Å². The molecule has 0 N–H and O–H groups in total. The molecule has 0 amide bonds. The summed E-state index contributed by atoms with van der Waals surface area (Å²) in [5.41, 5.74) is 1.81. The number of fused-ring (bicyclic) bond motifs is 1. The minimum atomic E-state index is -0.524. The molecular weight excluding hydrogens is 292 g/mol. The summed E-state index contributed by atoms with van der Waals surface area (Å²) in [5, 5.41) is 0. The number of nitrogens with zero attached hydrogens (tertiary/aromatic N) is 2. The minimum absolute atomic E-state index is 0.342. The van der Waals surface area contributed by atoms with E-state index in [2.05, 4.69) is 9.80 Å². The first kappa shape index (κ1) is 16.4. The van der Waals surface area contributed by atoms with E-state index in [1.54, 1.807) is 6.92 Å². The fraction of sp³-hybridized carbons (Fsp3) is 0.611. The van der Waals surface area contributed by atoms with Crippen molar-refractivity contribution in [2.24, 2.45) is 0 Å². The maximum atomic E-state index is 11.9. The quantitative estimate of drug-likeness (QED) is 0.616. The summed E-state index contributed by atoms with van der Waals surface area (Å²) in [5.74, 6) is -0.342. The summed E-state index contributed by atoms with van der Waals surface area (Å²) in [6.07, 6.45) is 3.92. The molecule has 3 rings (SSSR count). The average Bonchev–Trinajstić information content (AvgIpc) is 3.05. The average molecular weight is 318 g/mol. The Labute approximate surface area is 138 Å². The van der Waals surface area contributed by atoms with Crippen molar-refractivity contribution in [1.29, 1.82) is 0 Å². The lowest BCUT2D eigenvalue weighted by Crippen LogP contribution is -2.49. The Morgan fingerprint density at radius 2 is 1.96 bits per heavy atom. The van der Waals surface area contributed by atoms with Crippen molar-refractivity contribution in [3.63, 3.8) is 0 Å². The van der Waals surface area contributed by atoms with Gasteiger partial charge in [0.2, 0.25) is 0 Å². The number of esters is 1. The number of ether oxygens (including phenoxy) is 2. The van der Waals surface area contributed by atoms with Gasteiger partial charge in [-0.1, -0.05) is 12.1 Å². The van der Waals surface area contributed by atoms with Crippen LogP contribution >= 0.6 is 0 Å².